The van der Waals surface area contributed by atoms with Crippen LogP contribution in [-0.4, -0.2) is 18.4 Å². The van der Waals surface area contributed by atoms with Gasteiger partial charge in [-0.15, -0.1) is 0 Å². The molecular formula is C11H12BrN3O2S. The van der Waals surface area contributed by atoms with Crippen molar-refractivity contribution in [2.45, 2.75) is 18.9 Å². The third-order valence-corrected chi connectivity index (χ3v) is 4.30. The zero-order valence-electron chi connectivity index (χ0n) is 9.86. The second kappa shape index (κ2) is 4.74. The molecule has 0 aliphatic carbocycles. The molecule has 2 aromatic rings. The van der Waals surface area contributed by atoms with Gasteiger partial charge in [0.25, 0.3) is 10.0 Å². The van der Waals surface area contributed by atoms with Gasteiger partial charge in [-0.25, -0.2) is 4.98 Å². The Hall–Kier alpha value is -1.34. The number of aromatic amines is 1. The Kier molecular flexibility index (Phi) is 3.45. The molecule has 0 bridgehead atoms. The van der Waals surface area contributed by atoms with Crippen molar-refractivity contribution in [1.29, 1.82) is 0 Å². The zero-order valence-corrected chi connectivity index (χ0v) is 12.3. The van der Waals surface area contributed by atoms with Gasteiger partial charge in [-0.05, 0) is 47.5 Å². The molecule has 0 saturated carbocycles. The largest absolute Gasteiger partial charge is 0.332 e. The standard InChI is InChI=1S/C11H12BrN3O2S/c1-7-3-4-9(12)10(5-7)15-18(16,17)11-6-13-8(2)14-11/h3-6,15H,1-2H3,(H,13,14). The molecule has 0 aliphatic heterocycles. The second-order valence-electron chi connectivity index (χ2n) is 3.92. The van der Waals surface area contributed by atoms with Gasteiger partial charge in [0.15, 0.2) is 5.03 Å². The number of hydrogen-bond donors (Lipinski definition) is 2. The summed E-state index contributed by atoms with van der Waals surface area (Å²) in [4.78, 5) is 6.57. The molecule has 2 rings (SSSR count). The third kappa shape index (κ3) is 2.73. The molecular weight excluding hydrogens is 318 g/mol. The fraction of sp³-hybridized carbons (Fsp3) is 0.182. The van der Waals surface area contributed by atoms with Gasteiger partial charge in [-0.3, -0.25) is 4.72 Å². The Labute approximate surface area is 114 Å². The molecule has 0 atom stereocenters. The molecule has 1 aromatic carbocycles. The molecule has 5 nitrogen and oxygen atoms in total. The van der Waals surface area contributed by atoms with E-state index in [1.54, 1.807) is 19.1 Å². The Balaban J connectivity index is 2.36. The van der Waals surface area contributed by atoms with Crippen LogP contribution >= 0.6 is 15.9 Å². The highest BCUT2D eigenvalue weighted by molar-refractivity contribution is 9.10. The minimum atomic E-state index is -3.63. The molecule has 0 radical (unpaired) electrons. The summed E-state index contributed by atoms with van der Waals surface area (Å²) >= 11 is 3.31. The van der Waals surface area contributed by atoms with E-state index < -0.39 is 10.0 Å². The van der Waals surface area contributed by atoms with E-state index in [0.717, 1.165) is 5.56 Å². The lowest BCUT2D eigenvalue weighted by Gasteiger charge is -2.09. The van der Waals surface area contributed by atoms with Gasteiger partial charge in [-0.1, -0.05) is 6.07 Å². The average Bonchev–Trinajstić information content (AvgIpc) is 2.71. The van der Waals surface area contributed by atoms with E-state index in [-0.39, 0.29) is 5.03 Å². The van der Waals surface area contributed by atoms with Crippen LogP contribution in [0.5, 0.6) is 0 Å². The third-order valence-electron chi connectivity index (χ3n) is 2.34. The molecule has 18 heavy (non-hydrogen) atoms. The van der Waals surface area contributed by atoms with E-state index in [2.05, 4.69) is 30.6 Å². The Morgan fingerprint density at radius 2 is 2.06 bits per heavy atom. The number of sulfonamides is 1. The molecule has 1 aromatic heterocycles. The second-order valence-corrected chi connectivity index (χ2v) is 6.43. The predicted octanol–water partition coefficient (Wildman–Crippen LogP) is 2.59. The van der Waals surface area contributed by atoms with Crippen molar-refractivity contribution in [3.63, 3.8) is 0 Å². The smallest absolute Gasteiger partial charge is 0.279 e. The number of nitrogens with zero attached hydrogens (tertiary/aromatic N) is 1. The van der Waals surface area contributed by atoms with Gasteiger partial charge in [-0.2, -0.15) is 8.42 Å². The summed E-state index contributed by atoms with van der Waals surface area (Å²) in [5.74, 6) is 0.554. The maximum Gasteiger partial charge on any atom is 0.279 e. The minimum Gasteiger partial charge on any atom is -0.332 e. The Morgan fingerprint density at radius 1 is 1.33 bits per heavy atom. The van der Waals surface area contributed by atoms with Crippen LogP contribution in [0.4, 0.5) is 5.69 Å². The van der Waals surface area contributed by atoms with Crippen molar-refractivity contribution in [3.05, 3.63) is 40.3 Å². The number of H-pyrrole nitrogens is 1. The molecule has 0 spiro atoms. The van der Waals surface area contributed by atoms with Crippen LogP contribution in [-0.2, 0) is 10.0 Å². The van der Waals surface area contributed by atoms with Gasteiger partial charge >= 0.3 is 0 Å². The van der Waals surface area contributed by atoms with Crippen molar-refractivity contribution in [1.82, 2.24) is 9.97 Å². The van der Waals surface area contributed by atoms with Crippen molar-refractivity contribution in [2.75, 3.05) is 4.72 Å². The van der Waals surface area contributed by atoms with Gasteiger partial charge in [0, 0.05) is 4.47 Å². The highest BCUT2D eigenvalue weighted by atomic mass is 79.9. The SMILES string of the molecule is Cc1ccc(Br)c(NS(=O)(=O)c2cnc(C)[nH]2)c1. The first-order valence-corrected chi connectivity index (χ1v) is 7.47. The molecule has 0 amide bonds. The fourth-order valence-electron chi connectivity index (χ4n) is 1.45. The molecule has 7 heteroatoms. The highest BCUT2D eigenvalue weighted by Gasteiger charge is 2.17. The first kappa shape index (κ1) is 13.1. The Morgan fingerprint density at radius 3 is 2.67 bits per heavy atom. The number of aryl methyl sites for hydroxylation is 2. The number of anilines is 1. The van der Waals surface area contributed by atoms with Crippen LogP contribution < -0.4 is 4.72 Å². The number of aromatic nitrogens is 2. The summed E-state index contributed by atoms with van der Waals surface area (Å²) < 4.78 is 27.3. The number of halogens is 1. The monoisotopic (exact) mass is 329 g/mol. The fourth-order valence-corrected chi connectivity index (χ4v) is 2.97. The van der Waals surface area contributed by atoms with Crippen LogP contribution in [0, 0.1) is 13.8 Å². The van der Waals surface area contributed by atoms with E-state index in [4.69, 9.17) is 0 Å². The molecule has 1 heterocycles. The normalized spacial score (nSPS) is 11.5. The van der Waals surface area contributed by atoms with Crippen LogP contribution in [0.25, 0.3) is 0 Å². The van der Waals surface area contributed by atoms with Crippen molar-refractivity contribution >= 4 is 31.6 Å². The minimum absolute atomic E-state index is 0.0495. The van der Waals surface area contributed by atoms with Gasteiger partial charge in [0.05, 0.1) is 11.9 Å². The van der Waals surface area contributed by atoms with E-state index in [1.807, 2.05) is 13.0 Å². The van der Waals surface area contributed by atoms with E-state index in [9.17, 15) is 8.42 Å². The lowest BCUT2D eigenvalue weighted by atomic mass is 10.2. The van der Waals surface area contributed by atoms with Gasteiger partial charge in [0.2, 0.25) is 0 Å². The average molecular weight is 330 g/mol. The van der Waals surface area contributed by atoms with Crippen LogP contribution in [0.3, 0.4) is 0 Å². The zero-order chi connectivity index (χ0) is 13.3. The lowest BCUT2D eigenvalue weighted by molar-refractivity contribution is 0.598. The van der Waals surface area contributed by atoms with Crippen LogP contribution in [0.1, 0.15) is 11.4 Å². The molecule has 2 N–H and O–H groups in total. The number of nitrogens with one attached hydrogen (secondary N) is 2. The van der Waals surface area contributed by atoms with E-state index in [0.29, 0.717) is 16.0 Å². The number of imidazole rings is 1. The van der Waals surface area contributed by atoms with Crippen molar-refractivity contribution < 1.29 is 8.42 Å². The Bertz CT molecular complexity index is 679. The highest BCUT2D eigenvalue weighted by Crippen LogP contribution is 2.25. The van der Waals surface area contributed by atoms with Gasteiger partial charge in [0.1, 0.15) is 5.82 Å². The predicted molar refractivity (Wildman–Crippen MR) is 73.0 cm³/mol. The van der Waals surface area contributed by atoms with E-state index >= 15 is 0 Å². The maximum absolute atomic E-state index is 12.1. The first-order chi connectivity index (χ1) is 8.38. The summed E-state index contributed by atoms with van der Waals surface area (Å²) in [6.45, 7) is 3.59. The van der Waals surface area contributed by atoms with Crippen LogP contribution in [0.15, 0.2) is 33.9 Å². The lowest BCUT2D eigenvalue weighted by Crippen LogP contribution is -2.13. The maximum atomic E-state index is 12.1. The number of benzene rings is 1. The summed E-state index contributed by atoms with van der Waals surface area (Å²) in [6, 6.07) is 5.44. The summed E-state index contributed by atoms with van der Waals surface area (Å²) in [5, 5.41) is 0.0495. The molecule has 0 fully saturated rings. The quantitative estimate of drug-likeness (QED) is 0.908. The molecule has 96 valence electrons. The van der Waals surface area contributed by atoms with Crippen molar-refractivity contribution in [2.24, 2.45) is 0 Å². The van der Waals surface area contributed by atoms with Crippen molar-refractivity contribution in [3.8, 4) is 0 Å². The summed E-state index contributed by atoms with van der Waals surface area (Å²) in [6.07, 6.45) is 1.29. The molecule has 0 unspecified atom stereocenters. The van der Waals surface area contributed by atoms with E-state index in [1.165, 1.54) is 6.20 Å². The number of hydrogen-bond acceptors (Lipinski definition) is 3. The first-order valence-electron chi connectivity index (χ1n) is 5.19. The summed E-state index contributed by atoms with van der Waals surface area (Å²) in [5.41, 5.74) is 1.47. The van der Waals surface area contributed by atoms with Crippen LogP contribution in [0.2, 0.25) is 0 Å². The topological polar surface area (TPSA) is 74.8 Å². The molecule has 0 aliphatic rings. The van der Waals surface area contributed by atoms with Gasteiger partial charge < -0.3 is 4.98 Å². The molecule has 0 saturated heterocycles. The number of rotatable bonds is 3. The summed E-state index contributed by atoms with van der Waals surface area (Å²) in [7, 11) is -3.63.